The van der Waals surface area contributed by atoms with Crippen LogP contribution < -0.4 is 4.74 Å². The number of ketones is 1. The lowest BCUT2D eigenvalue weighted by atomic mass is 9.99. The summed E-state index contributed by atoms with van der Waals surface area (Å²) in [4.78, 5) is 11.4. The van der Waals surface area contributed by atoms with Crippen molar-refractivity contribution in [1.82, 2.24) is 0 Å². The van der Waals surface area contributed by atoms with Crippen LogP contribution in [0, 0.1) is 0 Å². The zero-order valence-corrected chi connectivity index (χ0v) is 16.0. The fourth-order valence-electron chi connectivity index (χ4n) is 2.68. The van der Waals surface area contributed by atoms with Crippen molar-refractivity contribution in [1.29, 1.82) is 0 Å². The highest BCUT2D eigenvalue weighted by Crippen LogP contribution is 2.27. The number of hydrogen-bond donors (Lipinski definition) is 0. The molecule has 0 unspecified atom stereocenters. The molecule has 2 nitrogen and oxygen atoms in total. The maximum atomic E-state index is 11.4. The average Bonchev–Trinajstić information content (AvgIpc) is 2.70. The molecule has 0 aliphatic heterocycles. The molecule has 0 N–H and O–H groups in total. The molecule has 0 aliphatic rings. The average molecular weight is 346 g/mol. The monoisotopic (exact) mass is 346 g/mol. The molecule has 0 aliphatic carbocycles. The summed E-state index contributed by atoms with van der Waals surface area (Å²) in [5, 5.41) is 0. The predicted molar refractivity (Wildman–Crippen MR) is 110 cm³/mol. The van der Waals surface area contributed by atoms with Gasteiger partial charge in [0, 0.05) is 5.56 Å². The quantitative estimate of drug-likeness (QED) is 0.484. The van der Waals surface area contributed by atoms with Crippen LogP contribution in [0.25, 0.3) is 22.3 Å². The van der Waals surface area contributed by atoms with Gasteiger partial charge in [0.25, 0.3) is 0 Å². The fraction of sp³-hybridized carbons (Fsp3) is 0.208. The van der Waals surface area contributed by atoms with E-state index in [0.717, 1.165) is 33.6 Å². The van der Waals surface area contributed by atoms with E-state index in [1.807, 2.05) is 57.2 Å². The molecule has 0 spiro atoms. The van der Waals surface area contributed by atoms with Gasteiger partial charge in [-0.05, 0) is 48.2 Å². The van der Waals surface area contributed by atoms with Crippen LogP contribution in [0.1, 0.15) is 38.1 Å². The van der Waals surface area contributed by atoms with E-state index in [1.54, 1.807) is 6.92 Å². The number of rotatable bonds is 5. The van der Waals surface area contributed by atoms with Crippen molar-refractivity contribution in [3.05, 3.63) is 78.4 Å². The van der Waals surface area contributed by atoms with Gasteiger partial charge in [0.15, 0.2) is 5.78 Å². The van der Waals surface area contributed by atoms with Gasteiger partial charge in [0.2, 0.25) is 0 Å². The molecule has 3 aromatic rings. The standard InChI is InChI=1S/C22H20O2.C2H6/c1-3-24-22-6-4-5-21(15-22)20-13-11-19(12-14-20)18-9-7-17(8-10-18)16(2)23;1-2/h4-15H,3H2,1-2H3;1-2H3. The molecular formula is C24H26O2. The molecule has 0 heterocycles. The summed E-state index contributed by atoms with van der Waals surface area (Å²) in [5.74, 6) is 0.977. The molecule has 0 fully saturated rings. The van der Waals surface area contributed by atoms with Crippen molar-refractivity contribution < 1.29 is 9.53 Å². The molecule has 2 heteroatoms. The zero-order chi connectivity index (χ0) is 18.9. The van der Waals surface area contributed by atoms with Crippen molar-refractivity contribution >= 4 is 5.78 Å². The molecular weight excluding hydrogens is 320 g/mol. The third-order valence-electron chi connectivity index (χ3n) is 3.99. The number of ether oxygens (including phenoxy) is 1. The summed E-state index contributed by atoms with van der Waals surface area (Å²) in [6, 6.07) is 24.3. The highest BCUT2D eigenvalue weighted by Gasteiger charge is 2.03. The van der Waals surface area contributed by atoms with E-state index in [2.05, 4.69) is 36.4 Å². The van der Waals surface area contributed by atoms with Crippen LogP contribution in [0.2, 0.25) is 0 Å². The normalized spacial score (nSPS) is 9.85. The summed E-state index contributed by atoms with van der Waals surface area (Å²) in [7, 11) is 0. The lowest BCUT2D eigenvalue weighted by Gasteiger charge is -2.08. The van der Waals surface area contributed by atoms with Crippen LogP contribution in [0.15, 0.2) is 72.8 Å². The Morgan fingerprint density at radius 1 is 0.769 bits per heavy atom. The fourth-order valence-corrected chi connectivity index (χ4v) is 2.68. The minimum absolute atomic E-state index is 0.0890. The topological polar surface area (TPSA) is 26.3 Å². The smallest absolute Gasteiger partial charge is 0.159 e. The maximum absolute atomic E-state index is 11.4. The van der Waals surface area contributed by atoms with Gasteiger partial charge < -0.3 is 4.74 Å². The highest BCUT2D eigenvalue weighted by molar-refractivity contribution is 5.94. The van der Waals surface area contributed by atoms with Crippen LogP contribution in [0.5, 0.6) is 5.75 Å². The van der Waals surface area contributed by atoms with E-state index in [0.29, 0.717) is 6.61 Å². The minimum atomic E-state index is 0.0890. The third-order valence-corrected chi connectivity index (χ3v) is 3.99. The molecule has 0 radical (unpaired) electrons. The lowest BCUT2D eigenvalue weighted by molar-refractivity contribution is 0.101. The number of benzene rings is 3. The highest BCUT2D eigenvalue weighted by atomic mass is 16.5. The van der Waals surface area contributed by atoms with Crippen LogP contribution in [0.4, 0.5) is 0 Å². The van der Waals surface area contributed by atoms with Gasteiger partial charge in [0.05, 0.1) is 6.61 Å². The van der Waals surface area contributed by atoms with Crippen molar-refractivity contribution in [2.75, 3.05) is 6.61 Å². The first-order valence-corrected chi connectivity index (χ1v) is 9.12. The van der Waals surface area contributed by atoms with E-state index in [9.17, 15) is 4.79 Å². The summed E-state index contributed by atoms with van der Waals surface area (Å²) in [6.45, 7) is 8.23. The Labute approximate surface area is 156 Å². The van der Waals surface area contributed by atoms with E-state index in [4.69, 9.17) is 4.74 Å². The van der Waals surface area contributed by atoms with Crippen molar-refractivity contribution in [2.24, 2.45) is 0 Å². The van der Waals surface area contributed by atoms with Crippen LogP contribution >= 0.6 is 0 Å². The van der Waals surface area contributed by atoms with Gasteiger partial charge in [-0.1, -0.05) is 74.5 Å². The maximum Gasteiger partial charge on any atom is 0.159 e. The number of carbonyl (C=O) groups is 1. The molecule has 0 saturated carbocycles. The predicted octanol–water partition coefficient (Wildman–Crippen LogP) is 6.65. The molecule has 0 aromatic heterocycles. The molecule has 26 heavy (non-hydrogen) atoms. The Balaban J connectivity index is 0.00000117. The second-order valence-electron chi connectivity index (χ2n) is 5.67. The first kappa shape index (κ1) is 19.5. The molecule has 0 saturated heterocycles. The van der Waals surface area contributed by atoms with Crippen molar-refractivity contribution in [3.8, 4) is 28.0 Å². The SMILES string of the molecule is CC.CCOc1cccc(-c2ccc(-c3ccc(C(C)=O)cc3)cc2)c1. The van der Waals surface area contributed by atoms with E-state index in [-0.39, 0.29) is 5.78 Å². The Morgan fingerprint density at radius 3 is 1.77 bits per heavy atom. The van der Waals surface area contributed by atoms with Crippen molar-refractivity contribution in [3.63, 3.8) is 0 Å². The van der Waals surface area contributed by atoms with E-state index < -0.39 is 0 Å². The first-order chi connectivity index (χ1) is 12.7. The summed E-state index contributed by atoms with van der Waals surface area (Å²) >= 11 is 0. The Morgan fingerprint density at radius 2 is 1.27 bits per heavy atom. The summed E-state index contributed by atoms with van der Waals surface area (Å²) in [6.07, 6.45) is 0. The summed E-state index contributed by atoms with van der Waals surface area (Å²) < 4.78 is 5.56. The zero-order valence-electron chi connectivity index (χ0n) is 16.0. The van der Waals surface area contributed by atoms with Crippen molar-refractivity contribution in [2.45, 2.75) is 27.7 Å². The van der Waals surface area contributed by atoms with E-state index >= 15 is 0 Å². The Bertz CT molecular complexity index is 831. The van der Waals surface area contributed by atoms with Crippen LogP contribution in [-0.2, 0) is 0 Å². The largest absolute Gasteiger partial charge is 0.494 e. The second-order valence-corrected chi connectivity index (χ2v) is 5.67. The second kappa shape index (κ2) is 9.57. The molecule has 3 rings (SSSR count). The molecule has 0 bridgehead atoms. The summed E-state index contributed by atoms with van der Waals surface area (Å²) in [5.41, 5.74) is 5.27. The van der Waals surface area contributed by atoms with Gasteiger partial charge in [-0.3, -0.25) is 4.79 Å². The molecule has 0 atom stereocenters. The molecule has 0 amide bonds. The van der Waals surface area contributed by atoms with Gasteiger partial charge in [-0.15, -0.1) is 0 Å². The Hall–Kier alpha value is -2.87. The first-order valence-electron chi connectivity index (χ1n) is 9.12. The molecule has 134 valence electrons. The number of hydrogen-bond acceptors (Lipinski definition) is 2. The van der Waals surface area contributed by atoms with Crippen LogP contribution in [-0.4, -0.2) is 12.4 Å². The number of carbonyl (C=O) groups excluding carboxylic acids is 1. The third kappa shape index (κ3) is 4.82. The van der Waals surface area contributed by atoms with Gasteiger partial charge >= 0.3 is 0 Å². The van der Waals surface area contributed by atoms with Gasteiger partial charge in [-0.25, -0.2) is 0 Å². The Kier molecular flexibility index (Phi) is 7.16. The molecule has 3 aromatic carbocycles. The van der Waals surface area contributed by atoms with Crippen LogP contribution in [0.3, 0.4) is 0 Å². The number of Topliss-reactive ketones (excluding diaryl/α,β-unsaturated/α-hetero) is 1. The lowest BCUT2D eigenvalue weighted by Crippen LogP contribution is -1.91. The minimum Gasteiger partial charge on any atom is -0.494 e. The van der Waals surface area contributed by atoms with Gasteiger partial charge in [-0.2, -0.15) is 0 Å². The van der Waals surface area contributed by atoms with Gasteiger partial charge in [0.1, 0.15) is 5.75 Å². The van der Waals surface area contributed by atoms with E-state index in [1.165, 1.54) is 0 Å².